The average Bonchev–Trinajstić information content (AvgIpc) is 2.41. The third kappa shape index (κ3) is 4.08. The van der Waals surface area contributed by atoms with Gasteiger partial charge in [0.1, 0.15) is 0 Å². The first-order valence-electron chi connectivity index (χ1n) is 7.15. The highest BCUT2D eigenvalue weighted by molar-refractivity contribution is 6.02. The molecule has 0 aromatic heterocycles. The fraction of sp³-hybridized carbons (Fsp3) is 0.500. The fourth-order valence-electron chi connectivity index (χ4n) is 2.21. The average molecular weight is 277 g/mol. The predicted octanol–water partition coefficient (Wildman–Crippen LogP) is 3.85. The second-order valence-electron chi connectivity index (χ2n) is 5.04. The lowest BCUT2D eigenvalue weighted by molar-refractivity contribution is -0.120. The van der Waals surface area contributed by atoms with Crippen molar-refractivity contribution < 1.29 is 14.7 Å². The monoisotopic (exact) mass is 277 g/mol. The molecule has 0 aliphatic rings. The summed E-state index contributed by atoms with van der Waals surface area (Å²) in [5, 5.41) is 12.0. The van der Waals surface area contributed by atoms with E-state index in [0.29, 0.717) is 5.69 Å². The minimum Gasteiger partial charge on any atom is -0.478 e. The van der Waals surface area contributed by atoms with Crippen LogP contribution in [-0.2, 0) is 4.79 Å². The Balaban J connectivity index is 2.92. The molecule has 0 aliphatic carbocycles. The molecule has 20 heavy (non-hydrogen) atoms. The Bertz CT molecular complexity index is 483. The van der Waals surface area contributed by atoms with Gasteiger partial charge in [0.2, 0.25) is 5.91 Å². The van der Waals surface area contributed by atoms with Crippen molar-refractivity contribution in [2.75, 3.05) is 5.32 Å². The van der Waals surface area contributed by atoms with E-state index in [4.69, 9.17) is 0 Å². The van der Waals surface area contributed by atoms with Gasteiger partial charge in [-0.1, -0.05) is 38.8 Å². The summed E-state index contributed by atoms with van der Waals surface area (Å²) in [6.45, 7) is 5.87. The summed E-state index contributed by atoms with van der Waals surface area (Å²) in [6, 6.07) is 5.00. The third-order valence-corrected chi connectivity index (χ3v) is 3.52. The van der Waals surface area contributed by atoms with Crippen LogP contribution in [0.5, 0.6) is 0 Å². The van der Waals surface area contributed by atoms with Crippen LogP contribution < -0.4 is 5.32 Å². The number of anilines is 1. The molecule has 110 valence electrons. The van der Waals surface area contributed by atoms with Crippen LogP contribution in [0.4, 0.5) is 5.69 Å². The van der Waals surface area contributed by atoms with Gasteiger partial charge in [0, 0.05) is 5.92 Å². The van der Waals surface area contributed by atoms with Gasteiger partial charge >= 0.3 is 5.97 Å². The number of aryl methyl sites for hydroxylation is 1. The second-order valence-corrected chi connectivity index (χ2v) is 5.04. The fourth-order valence-corrected chi connectivity index (χ4v) is 2.21. The van der Waals surface area contributed by atoms with Crippen molar-refractivity contribution >= 4 is 17.6 Å². The van der Waals surface area contributed by atoms with Gasteiger partial charge in [0.05, 0.1) is 11.3 Å². The van der Waals surface area contributed by atoms with Crippen molar-refractivity contribution in [1.29, 1.82) is 0 Å². The van der Waals surface area contributed by atoms with E-state index < -0.39 is 5.97 Å². The molecule has 0 heterocycles. The number of carboxylic acid groups (broad SMARTS) is 1. The van der Waals surface area contributed by atoms with E-state index >= 15 is 0 Å². The highest BCUT2D eigenvalue weighted by atomic mass is 16.4. The number of carbonyl (C=O) groups is 2. The Morgan fingerprint density at radius 2 is 2.00 bits per heavy atom. The summed E-state index contributed by atoms with van der Waals surface area (Å²) in [7, 11) is 0. The van der Waals surface area contributed by atoms with Crippen LogP contribution in [0.15, 0.2) is 18.2 Å². The Hall–Kier alpha value is -1.84. The highest BCUT2D eigenvalue weighted by Crippen LogP contribution is 2.23. The summed E-state index contributed by atoms with van der Waals surface area (Å²) in [4.78, 5) is 23.5. The van der Waals surface area contributed by atoms with Crippen LogP contribution in [0.3, 0.4) is 0 Å². The van der Waals surface area contributed by atoms with Crippen LogP contribution in [0, 0.1) is 12.8 Å². The molecule has 4 heteroatoms. The molecule has 1 aromatic rings. The van der Waals surface area contributed by atoms with E-state index in [1.807, 2.05) is 6.92 Å². The number of benzene rings is 1. The number of para-hydroxylation sites is 1. The lowest BCUT2D eigenvalue weighted by Crippen LogP contribution is -2.24. The number of amides is 1. The molecule has 1 unspecified atom stereocenters. The molecule has 2 N–H and O–H groups in total. The molecule has 0 fully saturated rings. The van der Waals surface area contributed by atoms with Gasteiger partial charge in [-0.3, -0.25) is 4.79 Å². The van der Waals surface area contributed by atoms with Gasteiger partial charge in [-0.25, -0.2) is 4.79 Å². The van der Waals surface area contributed by atoms with Crippen molar-refractivity contribution in [1.82, 2.24) is 0 Å². The minimum atomic E-state index is -1.02. The van der Waals surface area contributed by atoms with Gasteiger partial charge < -0.3 is 10.4 Å². The van der Waals surface area contributed by atoms with Crippen LogP contribution in [0.25, 0.3) is 0 Å². The molecule has 0 spiro atoms. The molecule has 0 aliphatic heterocycles. The topological polar surface area (TPSA) is 66.4 Å². The molecule has 0 saturated heterocycles. The number of hydrogen-bond donors (Lipinski definition) is 2. The Labute approximate surface area is 120 Å². The highest BCUT2D eigenvalue weighted by Gasteiger charge is 2.19. The normalized spacial score (nSPS) is 11.9. The molecular formula is C16H23NO3. The number of rotatable bonds is 7. The van der Waals surface area contributed by atoms with Crippen molar-refractivity contribution in [2.24, 2.45) is 5.92 Å². The van der Waals surface area contributed by atoms with Crippen LogP contribution >= 0.6 is 0 Å². The standard InChI is InChI=1S/C16H23NO3/c1-4-6-9-12(5-2)15(18)17-14-11(3)8-7-10-13(14)16(19)20/h7-8,10,12H,4-6,9H2,1-3H3,(H,17,18)(H,19,20). The first kappa shape index (κ1) is 16.2. The molecular weight excluding hydrogens is 254 g/mol. The Morgan fingerprint density at radius 3 is 2.55 bits per heavy atom. The quantitative estimate of drug-likeness (QED) is 0.795. The lowest BCUT2D eigenvalue weighted by Gasteiger charge is -2.17. The van der Waals surface area contributed by atoms with Crippen molar-refractivity contribution in [3.8, 4) is 0 Å². The third-order valence-electron chi connectivity index (χ3n) is 3.52. The zero-order chi connectivity index (χ0) is 15.1. The molecule has 0 saturated carbocycles. The summed E-state index contributed by atoms with van der Waals surface area (Å²) < 4.78 is 0. The van der Waals surface area contributed by atoms with E-state index in [9.17, 15) is 14.7 Å². The maximum atomic E-state index is 12.3. The second kappa shape index (κ2) is 7.68. The number of hydrogen-bond acceptors (Lipinski definition) is 2. The summed E-state index contributed by atoms with van der Waals surface area (Å²) in [6.07, 6.45) is 3.66. The van der Waals surface area contributed by atoms with Crippen LogP contribution in [0.1, 0.15) is 55.5 Å². The summed E-state index contributed by atoms with van der Waals surface area (Å²) in [5.74, 6) is -1.17. The SMILES string of the molecule is CCCCC(CC)C(=O)Nc1c(C)cccc1C(=O)O. The first-order valence-corrected chi connectivity index (χ1v) is 7.15. The number of nitrogens with one attached hydrogen (secondary N) is 1. The van der Waals surface area contributed by atoms with Gasteiger partial charge in [0.25, 0.3) is 0 Å². The summed E-state index contributed by atoms with van der Waals surface area (Å²) >= 11 is 0. The minimum absolute atomic E-state index is 0.0591. The maximum absolute atomic E-state index is 12.3. The molecule has 1 rings (SSSR count). The van der Waals surface area contributed by atoms with Gasteiger partial charge in [-0.15, -0.1) is 0 Å². The number of unbranched alkanes of at least 4 members (excludes halogenated alkanes) is 1. The van der Waals surface area contributed by atoms with Crippen LogP contribution in [-0.4, -0.2) is 17.0 Å². The van der Waals surface area contributed by atoms with E-state index in [2.05, 4.69) is 12.2 Å². The zero-order valence-corrected chi connectivity index (χ0v) is 12.4. The zero-order valence-electron chi connectivity index (χ0n) is 12.4. The maximum Gasteiger partial charge on any atom is 0.337 e. The van der Waals surface area contributed by atoms with Crippen molar-refractivity contribution in [3.05, 3.63) is 29.3 Å². The van der Waals surface area contributed by atoms with Gasteiger partial charge in [0.15, 0.2) is 0 Å². The Morgan fingerprint density at radius 1 is 1.30 bits per heavy atom. The molecule has 4 nitrogen and oxygen atoms in total. The lowest BCUT2D eigenvalue weighted by atomic mass is 9.97. The van der Waals surface area contributed by atoms with Crippen molar-refractivity contribution in [3.63, 3.8) is 0 Å². The largest absolute Gasteiger partial charge is 0.478 e. The smallest absolute Gasteiger partial charge is 0.337 e. The first-order chi connectivity index (χ1) is 9.51. The van der Waals surface area contributed by atoms with Gasteiger partial charge in [-0.2, -0.15) is 0 Å². The van der Waals surface area contributed by atoms with E-state index in [1.165, 1.54) is 6.07 Å². The molecule has 1 amide bonds. The van der Waals surface area contributed by atoms with E-state index in [1.54, 1.807) is 19.1 Å². The van der Waals surface area contributed by atoms with E-state index in [-0.39, 0.29) is 17.4 Å². The molecule has 1 aromatic carbocycles. The number of carbonyl (C=O) groups excluding carboxylic acids is 1. The predicted molar refractivity (Wildman–Crippen MR) is 80.1 cm³/mol. The molecule has 0 radical (unpaired) electrons. The van der Waals surface area contributed by atoms with Crippen LogP contribution in [0.2, 0.25) is 0 Å². The molecule has 0 bridgehead atoms. The Kier molecular flexibility index (Phi) is 6.22. The van der Waals surface area contributed by atoms with Crippen molar-refractivity contribution in [2.45, 2.75) is 46.5 Å². The summed E-state index contributed by atoms with van der Waals surface area (Å²) in [5.41, 5.74) is 1.33. The van der Waals surface area contributed by atoms with E-state index in [0.717, 1.165) is 31.2 Å². The number of aromatic carboxylic acids is 1. The number of carboxylic acids is 1. The van der Waals surface area contributed by atoms with Gasteiger partial charge in [-0.05, 0) is 31.4 Å². The molecule has 1 atom stereocenters.